The summed E-state index contributed by atoms with van der Waals surface area (Å²) in [6, 6.07) is 6.54. The van der Waals surface area contributed by atoms with Gasteiger partial charge in [0.25, 0.3) is 0 Å². The Morgan fingerprint density at radius 3 is 3.09 bits per heavy atom. The summed E-state index contributed by atoms with van der Waals surface area (Å²) in [7, 11) is 1.58. The fourth-order valence-corrected chi connectivity index (χ4v) is 1.67. The van der Waals surface area contributed by atoms with Gasteiger partial charge < -0.3 is 15.4 Å². The largest absolute Gasteiger partial charge is 0.383 e. The molecule has 9 heteroatoms. The highest BCUT2D eigenvalue weighted by atomic mass is 19.1. The van der Waals surface area contributed by atoms with Crippen LogP contribution >= 0.6 is 0 Å². The van der Waals surface area contributed by atoms with Crippen molar-refractivity contribution in [2.45, 2.75) is 0 Å². The number of rotatable bonds is 7. The van der Waals surface area contributed by atoms with Crippen molar-refractivity contribution in [2.75, 3.05) is 30.9 Å². The smallest absolute Gasteiger partial charge is 0.216 e. The molecule has 22 heavy (non-hydrogen) atoms. The van der Waals surface area contributed by atoms with E-state index in [9.17, 15) is 4.39 Å². The molecule has 0 aliphatic heterocycles. The Kier molecular flexibility index (Phi) is 5.39. The van der Waals surface area contributed by atoms with Crippen LogP contribution < -0.4 is 10.6 Å². The molecule has 0 radical (unpaired) electrons. The number of halogens is 1. The SMILES string of the molecule is COCCNc1cccc(F)c1NC=C(C#N)c1nn[nH]n1. The molecule has 0 fully saturated rings. The Morgan fingerprint density at radius 2 is 2.41 bits per heavy atom. The van der Waals surface area contributed by atoms with Gasteiger partial charge in [-0.15, -0.1) is 10.2 Å². The lowest BCUT2D eigenvalue weighted by atomic mass is 10.2. The first-order chi connectivity index (χ1) is 10.8. The molecule has 0 unspecified atom stereocenters. The minimum absolute atomic E-state index is 0.125. The number of para-hydroxylation sites is 1. The first-order valence-corrected chi connectivity index (χ1v) is 6.38. The number of ether oxygens (including phenoxy) is 1. The molecule has 2 rings (SSSR count). The van der Waals surface area contributed by atoms with Gasteiger partial charge in [0, 0.05) is 19.9 Å². The number of methoxy groups -OCH3 is 1. The molecule has 0 saturated carbocycles. The van der Waals surface area contributed by atoms with Crippen LogP contribution in [-0.2, 0) is 4.74 Å². The molecule has 0 atom stereocenters. The van der Waals surface area contributed by atoms with Crippen LogP contribution in [0.5, 0.6) is 0 Å². The predicted octanol–water partition coefficient (Wildman–Crippen LogP) is 1.37. The highest BCUT2D eigenvalue weighted by Gasteiger charge is 2.09. The molecule has 1 heterocycles. The lowest BCUT2D eigenvalue weighted by Gasteiger charge is -2.12. The number of benzene rings is 1. The number of H-pyrrole nitrogens is 1. The number of aromatic amines is 1. The average Bonchev–Trinajstić information content (AvgIpc) is 3.04. The summed E-state index contributed by atoms with van der Waals surface area (Å²) in [6.07, 6.45) is 1.32. The maximum absolute atomic E-state index is 14.0. The Labute approximate surface area is 126 Å². The summed E-state index contributed by atoms with van der Waals surface area (Å²) >= 11 is 0. The summed E-state index contributed by atoms with van der Waals surface area (Å²) < 4.78 is 18.9. The van der Waals surface area contributed by atoms with E-state index in [0.29, 0.717) is 18.8 Å². The fraction of sp³-hybridized carbons (Fsp3) is 0.231. The van der Waals surface area contributed by atoms with Crippen molar-refractivity contribution in [1.82, 2.24) is 20.6 Å². The number of nitriles is 1. The van der Waals surface area contributed by atoms with Gasteiger partial charge in [-0.25, -0.2) is 4.39 Å². The number of nitrogens with zero attached hydrogens (tertiary/aromatic N) is 4. The van der Waals surface area contributed by atoms with E-state index >= 15 is 0 Å². The lowest BCUT2D eigenvalue weighted by molar-refractivity contribution is 0.211. The minimum Gasteiger partial charge on any atom is -0.383 e. The zero-order chi connectivity index (χ0) is 15.8. The van der Waals surface area contributed by atoms with Crippen molar-refractivity contribution in [3.8, 4) is 6.07 Å². The number of allylic oxidation sites excluding steroid dienone is 1. The van der Waals surface area contributed by atoms with E-state index in [4.69, 9.17) is 10.00 Å². The molecule has 8 nitrogen and oxygen atoms in total. The molecule has 0 amide bonds. The summed E-state index contributed by atoms with van der Waals surface area (Å²) in [5.74, 6) is -0.329. The first kappa shape index (κ1) is 15.4. The van der Waals surface area contributed by atoms with Gasteiger partial charge in [-0.05, 0) is 17.3 Å². The van der Waals surface area contributed by atoms with Crippen molar-refractivity contribution in [3.05, 3.63) is 36.0 Å². The zero-order valence-electron chi connectivity index (χ0n) is 11.8. The summed E-state index contributed by atoms with van der Waals surface area (Å²) in [4.78, 5) is 0. The van der Waals surface area contributed by atoms with Gasteiger partial charge in [0.15, 0.2) is 0 Å². The van der Waals surface area contributed by atoms with Crippen LogP contribution in [0.15, 0.2) is 24.4 Å². The monoisotopic (exact) mass is 303 g/mol. The summed E-state index contributed by atoms with van der Waals surface area (Å²) in [6.45, 7) is 1.01. The van der Waals surface area contributed by atoms with Gasteiger partial charge in [-0.1, -0.05) is 6.07 Å². The number of nitrogens with one attached hydrogen (secondary N) is 3. The van der Waals surface area contributed by atoms with E-state index in [2.05, 4.69) is 31.3 Å². The van der Waals surface area contributed by atoms with Crippen molar-refractivity contribution < 1.29 is 9.13 Å². The Balaban J connectivity index is 2.19. The fourth-order valence-electron chi connectivity index (χ4n) is 1.67. The van der Waals surface area contributed by atoms with Crippen LogP contribution in [0.1, 0.15) is 5.82 Å². The van der Waals surface area contributed by atoms with E-state index < -0.39 is 5.82 Å². The van der Waals surface area contributed by atoms with Crippen LogP contribution in [0.2, 0.25) is 0 Å². The van der Waals surface area contributed by atoms with Crippen LogP contribution in [0.25, 0.3) is 5.57 Å². The van der Waals surface area contributed by atoms with Crippen LogP contribution in [0.4, 0.5) is 15.8 Å². The third kappa shape index (κ3) is 3.77. The lowest BCUT2D eigenvalue weighted by Crippen LogP contribution is -2.09. The van der Waals surface area contributed by atoms with Gasteiger partial charge in [-0.2, -0.15) is 10.5 Å². The van der Waals surface area contributed by atoms with Gasteiger partial charge in [0.05, 0.1) is 18.0 Å². The van der Waals surface area contributed by atoms with Crippen LogP contribution in [0, 0.1) is 17.1 Å². The predicted molar refractivity (Wildman–Crippen MR) is 78.2 cm³/mol. The Bertz CT molecular complexity index is 678. The number of hydrogen-bond acceptors (Lipinski definition) is 7. The van der Waals surface area contributed by atoms with E-state index in [1.807, 2.05) is 6.07 Å². The molecular weight excluding hydrogens is 289 g/mol. The molecule has 1 aromatic heterocycles. The third-order valence-electron chi connectivity index (χ3n) is 2.70. The van der Waals surface area contributed by atoms with E-state index in [-0.39, 0.29) is 17.1 Å². The second-order valence-electron chi connectivity index (χ2n) is 4.13. The molecule has 0 aliphatic rings. The summed E-state index contributed by atoms with van der Waals surface area (Å²) in [5.41, 5.74) is 0.897. The van der Waals surface area contributed by atoms with Gasteiger partial charge in [-0.3, -0.25) is 0 Å². The number of hydrogen-bond donors (Lipinski definition) is 3. The molecule has 114 valence electrons. The normalized spacial score (nSPS) is 11.0. The highest BCUT2D eigenvalue weighted by molar-refractivity contribution is 5.77. The average molecular weight is 303 g/mol. The molecule has 0 spiro atoms. The maximum atomic E-state index is 14.0. The van der Waals surface area contributed by atoms with Gasteiger partial charge in [0.1, 0.15) is 17.5 Å². The van der Waals surface area contributed by atoms with E-state index in [1.165, 1.54) is 12.3 Å². The van der Waals surface area contributed by atoms with Crippen molar-refractivity contribution >= 4 is 16.9 Å². The molecular formula is C13H14FN7O. The topological polar surface area (TPSA) is 112 Å². The van der Waals surface area contributed by atoms with Gasteiger partial charge in [0.2, 0.25) is 5.82 Å². The van der Waals surface area contributed by atoms with E-state index in [1.54, 1.807) is 19.2 Å². The van der Waals surface area contributed by atoms with Gasteiger partial charge >= 0.3 is 0 Å². The standard InChI is InChI=1S/C13H14FN7O/c1-22-6-5-16-11-4-2-3-10(14)12(11)17-8-9(7-15)13-18-20-21-19-13/h2-4,8,16-17H,5-6H2,1H3,(H,18,19,20,21). The third-order valence-corrected chi connectivity index (χ3v) is 2.70. The second-order valence-corrected chi connectivity index (χ2v) is 4.13. The molecule has 1 aromatic carbocycles. The number of aromatic nitrogens is 4. The van der Waals surface area contributed by atoms with Crippen molar-refractivity contribution in [1.29, 1.82) is 5.26 Å². The highest BCUT2D eigenvalue weighted by Crippen LogP contribution is 2.25. The quantitative estimate of drug-likeness (QED) is 0.523. The van der Waals surface area contributed by atoms with Crippen molar-refractivity contribution in [2.24, 2.45) is 0 Å². The summed E-state index contributed by atoms with van der Waals surface area (Å²) in [5, 5.41) is 27.9. The zero-order valence-corrected chi connectivity index (χ0v) is 11.8. The van der Waals surface area contributed by atoms with Crippen molar-refractivity contribution in [3.63, 3.8) is 0 Å². The van der Waals surface area contributed by atoms with Crippen LogP contribution in [-0.4, -0.2) is 40.9 Å². The Hall–Kier alpha value is -2.99. The van der Waals surface area contributed by atoms with Crippen LogP contribution in [0.3, 0.4) is 0 Å². The minimum atomic E-state index is -0.455. The second kappa shape index (κ2) is 7.70. The maximum Gasteiger partial charge on any atom is 0.216 e. The number of tetrazole rings is 1. The molecule has 2 aromatic rings. The number of anilines is 2. The van der Waals surface area contributed by atoms with E-state index in [0.717, 1.165) is 0 Å². The molecule has 3 N–H and O–H groups in total. The molecule has 0 bridgehead atoms. The molecule has 0 aliphatic carbocycles. The Morgan fingerprint density at radius 1 is 1.55 bits per heavy atom. The molecule has 0 saturated heterocycles. The first-order valence-electron chi connectivity index (χ1n) is 6.38.